The molecule has 0 spiro atoms. The van der Waals surface area contributed by atoms with E-state index in [1.807, 2.05) is 6.92 Å². The van der Waals surface area contributed by atoms with Gasteiger partial charge < -0.3 is 5.32 Å². The maximum absolute atomic E-state index is 10.8. The Hall–Kier alpha value is -0.440. The van der Waals surface area contributed by atoms with Gasteiger partial charge >= 0.3 is 0 Å². The highest BCUT2D eigenvalue weighted by atomic mass is 32.2. The molecule has 1 rings (SSSR count). The zero-order valence-corrected chi connectivity index (χ0v) is 6.99. The lowest BCUT2D eigenvalue weighted by Crippen LogP contribution is -2.31. The lowest BCUT2D eigenvalue weighted by molar-refractivity contribution is -0.116. The Kier molecular flexibility index (Phi) is 2.38. The molecular weight excluding hydrogens is 146 g/mol. The number of rotatable bonds is 1. The van der Waals surface area contributed by atoms with E-state index in [0.29, 0.717) is 0 Å². The summed E-state index contributed by atoms with van der Waals surface area (Å²) in [7, 11) is 0. The summed E-state index contributed by atoms with van der Waals surface area (Å²) in [4.78, 5) is 12.0. The Morgan fingerprint density at radius 1 is 1.80 bits per heavy atom. The first-order valence-corrected chi connectivity index (χ1v) is 4.28. The fourth-order valence-corrected chi connectivity index (χ4v) is 1.84. The van der Waals surface area contributed by atoms with Gasteiger partial charge in [-0.3, -0.25) is 4.79 Å². The lowest BCUT2D eigenvalue weighted by atomic mass is 10.4. The van der Waals surface area contributed by atoms with Crippen LogP contribution in [0.15, 0.2) is 11.0 Å². The number of hydrogen-bond donors (Lipinski definition) is 1. The van der Waals surface area contributed by atoms with Crippen LogP contribution in [0.2, 0.25) is 0 Å². The number of nitrogens with one attached hydrogen (secondary N) is 1. The molecule has 3 heteroatoms. The molecule has 0 aromatic carbocycles. The van der Waals surface area contributed by atoms with Gasteiger partial charge in [0.2, 0.25) is 5.91 Å². The monoisotopic (exact) mass is 157 g/mol. The fraction of sp³-hybridized carbons (Fsp3) is 0.571. The third-order valence-electron chi connectivity index (χ3n) is 1.31. The molecule has 0 saturated carbocycles. The number of hydrogen-bond acceptors (Lipinski definition) is 2. The molecule has 1 amide bonds. The maximum Gasteiger partial charge on any atom is 0.245 e. The van der Waals surface area contributed by atoms with Crippen molar-refractivity contribution in [2.45, 2.75) is 25.6 Å². The summed E-state index contributed by atoms with van der Waals surface area (Å²) >= 11 is 1.72. The summed E-state index contributed by atoms with van der Waals surface area (Å²) in [5, 5.41) is 3.03. The largest absolute Gasteiger partial charge is 0.341 e. The molecule has 56 valence electrons. The summed E-state index contributed by atoms with van der Waals surface area (Å²) in [6.07, 6.45) is 2.63. The molecule has 0 aliphatic carbocycles. The molecule has 1 unspecified atom stereocenters. The molecular formula is C7H11NOS. The highest BCUT2D eigenvalue weighted by molar-refractivity contribution is 8.03. The molecule has 1 aliphatic rings. The molecule has 2 nitrogen and oxygen atoms in total. The Balaban J connectivity index is 2.65. The van der Waals surface area contributed by atoms with Gasteiger partial charge in [0.1, 0.15) is 0 Å². The average Bonchev–Trinajstić information content (AvgIpc) is 1.85. The van der Waals surface area contributed by atoms with Crippen LogP contribution in [0.1, 0.15) is 20.3 Å². The standard InChI is InChI=1S/C7H11NOS/c1-3-6-4-7(9)8-5(2)10-6/h4-5H,3H2,1-2H3,(H,8,9). The van der Waals surface area contributed by atoms with Crippen molar-refractivity contribution in [1.29, 1.82) is 0 Å². The van der Waals surface area contributed by atoms with E-state index < -0.39 is 0 Å². The zero-order chi connectivity index (χ0) is 7.56. The number of amides is 1. The minimum atomic E-state index is 0.0445. The Labute approximate surface area is 65.1 Å². The van der Waals surface area contributed by atoms with Crippen molar-refractivity contribution >= 4 is 17.7 Å². The van der Waals surface area contributed by atoms with Gasteiger partial charge in [-0.15, -0.1) is 11.8 Å². The van der Waals surface area contributed by atoms with Crippen LogP contribution in [-0.4, -0.2) is 11.3 Å². The van der Waals surface area contributed by atoms with Gasteiger partial charge in [-0.25, -0.2) is 0 Å². The van der Waals surface area contributed by atoms with Crippen LogP contribution in [0.5, 0.6) is 0 Å². The minimum Gasteiger partial charge on any atom is -0.341 e. The van der Waals surface area contributed by atoms with Gasteiger partial charge in [-0.2, -0.15) is 0 Å². The molecule has 1 aliphatic heterocycles. The van der Waals surface area contributed by atoms with Crippen LogP contribution < -0.4 is 5.32 Å². The highest BCUT2D eigenvalue weighted by Crippen LogP contribution is 2.25. The maximum atomic E-state index is 10.8. The summed E-state index contributed by atoms with van der Waals surface area (Å²) in [6, 6.07) is 0. The van der Waals surface area contributed by atoms with Gasteiger partial charge in [0.25, 0.3) is 0 Å². The van der Waals surface area contributed by atoms with Gasteiger partial charge in [0.15, 0.2) is 0 Å². The van der Waals surface area contributed by atoms with Crippen molar-refractivity contribution in [2.24, 2.45) is 0 Å². The van der Waals surface area contributed by atoms with E-state index in [0.717, 1.165) is 6.42 Å². The second-order valence-electron chi connectivity index (χ2n) is 2.23. The molecule has 0 aromatic heterocycles. The number of carbonyl (C=O) groups is 1. The Bertz CT molecular complexity index is 176. The topological polar surface area (TPSA) is 29.1 Å². The van der Waals surface area contributed by atoms with Crippen molar-refractivity contribution in [3.63, 3.8) is 0 Å². The summed E-state index contributed by atoms with van der Waals surface area (Å²) in [5.74, 6) is 0.0445. The predicted octanol–water partition coefficient (Wildman–Crippen LogP) is 1.49. The van der Waals surface area contributed by atoms with E-state index in [2.05, 4.69) is 12.2 Å². The molecule has 10 heavy (non-hydrogen) atoms. The summed E-state index contributed by atoms with van der Waals surface area (Å²) in [5.41, 5.74) is 0. The Morgan fingerprint density at radius 3 is 3.00 bits per heavy atom. The summed E-state index contributed by atoms with van der Waals surface area (Å²) < 4.78 is 0. The third kappa shape index (κ3) is 1.77. The quantitative estimate of drug-likeness (QED) is 0.624. The van der Waals surface area contributed by atoms with Gasteiger partial charge in [0.05, 0.1) is 5.37 Å². The molecule has 0 aromatic rings. The molecule has 0 saturated heterocycles. The number of allylic oxidation sites excluding steroid dienone is 1. The van der Waals surface area contributed by atoms with E-state index in [1.165, 1.54) is 4.91 Å². The van der Waals surface area contributed by atoms with Crippen molar-refractivity contribution in [3.8, 4) is 0 Å². The average molecular weight is 157 g/mol. The van der Waals surface area contributed by atoms with E-state index in [-0.39, 0.29) is 11.3 Å². The number of thioether (sulfide) groups is 1. The minimum absolute atomic E-state index is 0.0445. The van der Waals surface area contributed by atoms with Crippen LogP contribution >= 0.6 is 11.8 Å². The van der Waals surface area contributed by atoms with E-state index in [9.17, 15) is 4.79 Å². The third-order valence-corrected chi connectivity index (χ3v) is 2.49. The first kappa shape index (κ1) is 7.66. The number of carbonyl (C=O) groups excluding carboxylic acids is 1. The second-order valence-corrected chi connectivity index (χ2v) is 3.70. The first-order chi connectivity index (χ1) is 4.72. The van der Waals surface area contributed by atoms with E-state index >= 15 is 0 Å². The molecule has 0 radical (unpaired) electrons. The Morgan fingerprint density at radius 2 is 2.50 bits per heavy atom. The first-order valence-electron chi connectivity index (χ1n) is 3.40. The van der Waals surface area contributed by atoms with Crippen molar-refractivity contribution in [3.05, 3.63) is 11.0 Å². The molecule has 1 N–H and O–H groups in total. The normalized spacial score (nSPS) is 25.6. The van der Waals surface area contributed by atoms with E-state index in [1.54, 1.807) is 17.8 Å². The predicted molar refractivity (Wildman–Crippen MR) is 43.6 cm³/mol. The van der Waals surface area contributed by atoms with Gasteiger partial charge in [-0.1, -0.05) is 6.92 Å². The van der Waals surface area contributed by atoms with Crippen LogP contribution in [0.4, 0.5) is 0 Å². The van der Waals surface area contributed by atoms with E-state index in [4.69, 9.17) is 0 Å². The lowest BCUT2D eigenvalue weighted by Gasteiger charge is -2.18. The fourth-order valence-electron chi connectivity index (χ4n) is 0.864. The van der Waals surface area contributed by atoms with Gasteiger partial charge in [-0.05, 0) is 18.2 Å². The molecule has 1 atom stereocenters. The van der Waals surface area contributed by atoms with Crippen LogP contribution in [0.3, 0.4) is 0 Å². The molecule has 1 heterocycles. The SMILES string of the molecule is CCC1=CC(=O)NC(C)S1. The molecule has 0 fully saturated rings. The second kappa shape index (κ2) is 3.10. The smallest absolute Gasteiger partial charge is 0.245 e. The highest BCUT2D eigenvalue weighted by Gasteiger charge is 2.13. The van der Waals surface area contributed by atoms with Crippen LogP contribution in [-0.2, 0) is 4.79 Å². The van der Waals surface area contributed by atoms with Gasteiger partial charge in [0, 0.05) is 6.08 Å². The van der Waals surface area contributed by atoms with Crippen molar-refractivity contribution in [1.82, 2.24) is 5.32 Å². The van der Waals surface area contributed by atoms with Crippen LogP contribution in [0, 0.1) is 0 Å². The van der Waals surface area contributed by atoms with Crippen molar-refractivity contribution in [2.75, 3.05) is 0 Å². The summed E-state index contributed by atoms with van der Waals surface area (Å²) in [6.45, 7) is 4.05. The zero-order valence-electron chi connectivity index (χ0n) is 6.18. The van der Waals surface area contributed by atoms with Crippen LogP contribution in [0.25, 0.3) is 0 Å². The van der Waals surface area contributed by atoms with Crippen molar-refractivity contribution < 1.29 is 4.79 Å². The molecule has 0 bridgehead atoms.